The van der Waals surface area contributed by atoms with Gasteiger partial charge < -0.3 is 4.42 Å². The number of aromatic nitrogens is 3. The van der Waals surface area contributed by atoms with E-state index in [0.717, 1.165) is 71.7 Å². The Labute approximate surface area is 306 Å². The Hall–Kier alpha value is -7.17. The molecule has 10 aromatic rings. The summed E-state index contributed by atoms with van der Waals surface area (Å²) >= 11 is 0. The summed E-state index contributed by atoms with van der Waals surface area (Å²) in [7, 11) is 0. The summed E-state index contributed by atoms with van der Waals surface area (Å²) in [6.07, 6.45) is 0. The molecule has 0 spiro atoms. The Morgan fingerprint density at radius 1 is 0.283 bits per heavy atom. The lowest BCUT2D eigenvalue weighted by Crippen LogP contribution is -2.01. The largest absolute Gasteiger partial charge is 0.456 e. The lowest BCUT2D eigenvalue weighted by Gasteiger charge is -2.13. The minimum atomic E-state index is 0.581. The summed E-state index contributed by atoms with van der Waals surface area (Å²) in [6.45, 7) is 0. The summed E-state index contributed by atoms with van der Waals surface area (Å²) in [4.78, 5) is 15.5. The van der Waals surface area contributed by atoms with Crippen LogP contribution in [0.15, 0.2) is 192 Å². The maximum atomic E-state index is 6.51. The molecule has 0 aliphatic heterocycles. The van der Waals surface area contributed by atoms with Gasteiger partial charge in [-0.15, -0.1) is 0 Å². The van der Waals surface area contributed by atoms with E-state index in [2.05, 4.69) is 164 Å². The molecule has 0 saturated heterocycles. The third-order valence-corrected chi connectivity index (χ3v) is 9.95. The molecule has 10 rings (SSSR count). The van der Waals surface area contributed by atoms with Crippen LogP contribution in [0.5, 0.6) is 0 Å². The van der Waals surface area contributed by atoms with Crippen LogP contribution in [0.3, 0.4) is 0 Å². The number of fused-ring (bicyclic) bond motifs is 4. The van der Waals surface area contributed by atoms with Crippen molar-refractivity contribution < 1.29 is 4.42 Å². The van der Waals surface area contributed by atoms with Crippen LogP contribution >= 0.6 is 0 Å². The maximum absolute atomic E-state index is 6.51. The average Bonchev–Trinajstić information content (AvgIpc) is 3.62. The van der Waals surface area contributed by atoms with Crippen LogP contribution in [0.25, 0.3) is 100 Å². The van der Waals surface area contributed by atoms with E-state index in [0.29, 0.717) is 17.5 Å². The molecule has 53 heavy (non-hydrogen) atoms. The summed E-state index contributed by atoms with van der Waals surface area (Å²) < 4.78 is 6.51. The highest BCUT2D eigenvalue weighted by Crippen LogP contribution is 2.39. The molecule has 8 aromatic carbocycles. The van der Waals surface area contributed by atoms with Crippen molar-refractivity contribution in [1.82, 2.24) is 15.0 Å². The fraction of sp³-hybridized carbons (Fsp3) is 0. The van der Waals surface area contributed by atoms with Gasteiger partial charge >= 0.3 is 0 Å². The van der Waals surface area contributed by atoms with Crippen molar-refractivity contribution in [3.8, 4) is 67.5 Å². The fourth-order valence-electron chi connectivity index (χ4n) is 7.42. The SMILES string of the molecule is c1ccc(-c2cccc(-c3nc(-c4ccc5c(c4)oc4cccc(-c6ccccc6)c45)nc(-c4cccc5c(-c6ccccc6)cccc45)n3)c2)cc1. The molecule has 0 unspecified atom stereocenters. The van der Waals surface area contributed by atoms with Gasteiger partial charge in [0.15, 0.2) is 17.5 Å². The summed E-state index contributed by atoms with van der Waals surface area (Å²) in [5, 5.41) is 4.37. The molecule has 2 aromatic heterocycles. The second kappa shape index (κ2) is 12.9. The minimum Gasteiger partial charge on any atom is -0.456 e. The molecule has 4 nitrogen and oxygen atoms in total. The number of furan rings is 1. The molecule has 0 aliphatic carbocycles. The zero-order chi connectivity index (χ0) is 35.1. The van der Waals surface area contributed by atoms with E-state index in [1.165, 1.54) is 11.1 Å². The molecule has 0 aliphatic rings. The Balaban J connectivity index is 1.17. The Kier molecular flexibility index (Phi) is 7.43. The second-order valence-electron chi connectivity index (χ2n) is 13.2. The first-order valence-corrected chi connectivity index (χ1v) is 17.8. The highest BCUT2D eigenvalue weighted by molar-refractivity contribution is 6.13. The molecule has 0 saturated carbocycles. The van der Waals surface area contributed by atoms with Crippen molar-refractivity contribution >= 4 is 32.7 Å². The van der Waals surface area contributed by atoms with Crippen LogP contribution in [0, 0.1) is 0 Å². The first-order valence-electron chi connectivity index (χ1n) is 17.8. The number of nitrogens with zero attached hydrogens (tertiary/aromatic N) is 3. The van der Waals surface area contributed by atoms with Crippen LogP contribution in [-0.2, 0) is 0 Å². The average molecular weight is 678 g/mol. The lowest BCUT2D eigenvalue weighted by molar-refractivity contribution is 0.669. The molecule has 248 valence electrons. The standard InChI is InChI=1S/C49H31N3O/c1-4-14-32(15-5-1)35-20-10-21-36(30-35)47-50-48(37-28-29-43-45(31-37)53-44-27-13-23-39(46(43)44)34-18-8-3-9-19-34)52-49(51-47)42-26-12-24-40-38(22-11-25-41(40)42)33-16-6-2-7-17-33/h1-31H. The van der Waals surface area contributed by atoms with E-state index in [4.69, 9.17) is 19.4 Å². The van der Waals surface area contributed by atoms with Crippen LogP contribution in [0.4, 0.5) is 0 Å². The van der Waals surface area contributed by atoms with Crippen LogP contribution in [0.2, 0.25) is 0 Å². The van der Waals surface area contributed by atoms with E-state index < -0.39 is 0 Å². The van der Waals surface area contributed by atoms with Gasteiger partial charge in [0.05, 0.1) is 0 Å². The molecule has 0 atom stereocenters. The molecule has 0 radical (unpaired) electrons. The molecule has 4 heteroatoms. The molecule has 0 N–H and O–H groups in total. The molecular formula is C49H31N3O. The van der Waals surface area contributed by atoms with E-state index in [9.17, 15) is 0 Å². The zero-order valence-corrected chi connectivity index (χ0v) is 28.6. The van der Waals surface area contributed by atoms with Gasteiger partial charge in [0, 0.05) is 27.5 Å². The zero-order valence-electron chi connectivity index (χ0n) is 28.6. The Morgan fingerprint density at radius 2 is 0.792 bits per heavy atom. The van der Waals surface area contributed by atoms with E-state index in [-0.39, 0.29) is 0 Å². The van der Waals surface area contributed by atoms with Crippen molar-refractivity contribution in [1.29, 1.82) is 0 Å². The van der Waals surface area contributed by atoms with Crippen molar-refractivity contribution in [3.63, 3.8) is 0 Å². The van der Waals surface area contributed by atoms with Crippen molar-refractivity contribution in [3.05, 3.63) is 188 Å². The third-order valence-electron chi connectivity index (χ3n) is 9.95. The Morgan fingerprint density at radius 3 is 1.51 bits per heavy atom. The van der Waals surface area contributed by atoms with Gasteiger partial charge in [-0.25, -0.2) is 15.0 Å². The van der Waals surface area contributed by atoms with E-state index in [1.54, 1.807) is 0 Å². The quantitative estimate of drug-likeness (QED) is 0.176. The fourth-order valence-corrected chi connectivity index (χ4v) is 7.42. The van der Waals surface area contributed by atoms with Gasteiger partial charge in [-0.3, -0.25) is 0 Å². The van der Waals surface area contributed by atoms with Crippen LogP contribution in [-0.4, -0.2) is 15.0 Å². The van der Waals surface area contributed by atoms with Gasteiger partial charge in [0.25, 0.3) is 0 Å². The van der Waals surface area contributed by atoms with Crippen molar-refractivity contribution in [2.75, 3.05) is 0 Å². The molecular weight excluding hydrogens is 647 g/mol. The second-order valence-corrected chi connectivity index (χ2v) is 13.2. The molecule has 0 bridgehead atoms. The highest BCUT2D eigenvalue weighted by atomic mass is 16.3. The molecule has 2 heterocycles. The topological polar surface area (TPSA) is 51.8 Å². The van der Waals surface area contributed by atoms with Gasteiger partial charge in [-0.1, -0.05) is 164 Å². The molecule has 0 fully saturated rings. The smallest absolute Gasteiger partial charge is 0.164 e. The van der Waals surface area contributed by atoms with Gasteiger partial charge in [-0.05, 0) is 68.4 Å². The number of hydrogen-bond donors (Lipinski definition) is 0. The van der Waals surface area contributed by atoms with E-state index in [1.807, 2.05) is 24.3 Å². The van der Waals surface area contributed by atoms with Gasteiger partial charge in [-0.2, -0.15) is 0 Å². The van der Waals surface area contributed by atoms with Gasteiger partial charge in [0.2, 0.25) is 0 Å². The van der Waals surface area contributed by atoms with Gasteiger partial charge in [0.1, 0.15) is 11.2 Å². The predicted molar refractivity (Wildman–Crippen MR) is 217 cm³/mol. The first kappa shape index (κ1) is 30.6. The van der Waals surface area contributed by atoms with Crippen LogP contribution < -0.4 is 0 Å². The molecule has 0 amide bonds. The highest BCUT2D eigenvalue weighted by Gasteiger charge is 2.18. The minimum absolute atomic E-state index is 0.581. The van der Waals surface area contributed by atoms with Crippen molar-refractivity contribution in [2.24, 2.45) is 0 Å². The summed E-state index contributed by atoms with van der Waals surface area (Å²) in [6, 6.07) is 65.1. The van der Waals surface area contributed by atoms with Crippen LogP contribution in [0.1, 0.15) is 0 Å². The third kappa shape index (κ3) is 5.54. The number of rotatable bonds is 6. The maximum Gasteiger partial charge on any atom is 0.164 e. The summed E-state index contributed by atoms with van der Waals surface area (Å²) in [5.41, 5.74) is 11.2. The Bertz CT molecular complexity index is 2940. The normalized spacial score (nSPS) is 11.4. The number of benzene rings is 8. The van der Waals surface area contributed by atoms with Crippen molar-refractivity contribution in [2.45, 2.75) is 0 Å². The number of hydrogen-bond acceptors (Lipinski definition) is 4. The lowest BCUT2D eigenvalue weighted by atomic mass is 9.95. The predicted octanol–water partition coefficient (Wildman–Crippen LogP) is 12.9. The first-order chi connectivity index (χ1) is 26.3. The monoisotopic (exact) mass is 677 g/mol. The van der Waals surface area contributed by atoms with E-state index >= 15 is 0 Å². The summed E-state index contributed by atoms with van der Waals surface area (Å²) in [5.74, 6) is 1.80.